The van der Waals surface area contributed by atoms with Crippen molar-refractivity contribution >= 4 is 15.9 Å². The topological polar surface area (TPSA) is 60.9 Å². The van der Waals surface area contributed by atoms with E-state index >= 15 is 0 Å². The number of amides is 1. The van der Waals surface area contributed by atoms with E-state index in [0.717, 1.165) is 17.7 Å². The van der Waals surface area contributed by atoms with Crippen LogP contribution in [0.2, 0.25) is 0 Å². The highest BCUT2D eigenvalue weighted by atomic mass is 32.2. The first-order valence-corrected chi connectivity index (χ1v) is 11.5. The van der Waals surface area contributed by atoms with Crippen LogP contribution < -0.4 is 0 Å². The minimum Gasteiger partial charge on any atom is -0.340 e. The van der Waals surface area contributed by atoms with Crippen molar-refractivity contribution < 1.29 is 17.6 Å². The average molecular weight is 434 g/mol. The first-order valence-electron chi connectivity index (χ1n) is 10.0. The molecule has 3 rings (SSSR count). The van der Waals surface area contributed by atoms with Crippen LogP contribution in [-0.2, 0) is 21.4 Å². The molecule has 1 aliphatic heterocycles. The van der Waals surface area contributed by atoms with Crippen LogP contribution in [0.15, 0.2) is 53.4 Å². The van der Waals surface area contributed by atoms with Gasteiger partial charge in [0.15, 0.2) is 0 Å². The van der Waals surface area contributed by atoms with Crippen molar-refractivity contribution in [2.75, 3.05) is 39.8 Å². The Labute approximate surface area is 177 Å². The van der Waals surface area contributed by atoms with Gasteiger partial charge in [0.2, 0.25) is 15.9 Å². The van der Waals surface area contributed by atoms with Gasteiger partial charge in [-0.25, -0.2) is 12.8 Å². The molecule has 1 aliphatic rings. The Bertz CT molecular complexity index is 962. The predicted molar refractivity (Wildman–Crippen MR) is 114 cm³/mol. The number of halogens is 1. The quantitative estimate of drug-likeness (QED) is 0.702. The molecular formula is C22H28FN3O3S. The highest BCUT2D eigenvalue weighted by Crippen LogP contribution is 2.18. The summed E-state index contributed by atoms with van der Waals surface area (Å²) in [6, 6.07) is 13.0. The second kappa shape index (κ2) is 9.68. The molecule has 1 fully saturated rings. The van der Waals surface area contributed by atoms with Crippen LogP contribution in [-0.4, -0.2) is 68.2 Å². The van der Waals surface area contributed by atoms with Gasteiger partial charge in [-0.05, 0) is 49.7 Å². The molecule has 2 aromatic carbocycles. The number of carbonyl (C=O) groups is 1. The fourth-order valence-electron chi connectivity index (χ4n) is 3.47. The highest BCUT2D eigenvalue weighted by Gasteiger charge is 2.27. The molecule has 0 N–H and O–H groups in total. The maximum Gasteiger partial charge on any atom is 0.243 e. The lowest BCUT2D eigenvalue weighted by atomic mass is 10.1. The summed E-state index contributed by atoms with van der Waals surface area (Å²) in [6.45, 7) is 4.63. The fourth-order valence-corrected chi connectivity index (χ4v) is 4.94. The van der Waals surface area contributed by atoms with Crippen LogP contribution in [0.25, 0.3) is 0 Å². The smallest absolute Gasteiger partial charge is 0.243 e. The third-order valence-electron chi connectivity index (χ3n) is 5.32. The summed E-state index contributed by atoms with van der Waals surface area (Å²) >= 11 is 0. The summed E-state index contributed by atoms with van der Waals surface area (Å²) in [7, 11) is -1.89. The summed E-state index contributed by atoms with van der Waals surface area (Å²) in [5.74, 6) is -0.463. The summed E-state index contributed by atoms with van der Waals surface area (Å²) in [5.41, 5.74) is 2.25. The first kappa shape index (κ1) is 22.4. The zero-order valence-corrected chi connectivity index (χ0v) is 18.2. The van der Waals surface area contributed by atoms with Gasteiger partial charge in [-0.3, -0.25) is 9.69 Å². The minimum absolute atomic E-state index is 0.00502. The van der Waals surface area contributed by atoms with Crippen molar-refractivity contribution in [1.82, 2.24) is 14.1 Å². The maximum atomic E-state index is 13.1. The largest absolute Gasteiger partial charge is 0.340 e. The normalized spacial score (nSPS) is 16.2. The van der Waals surface area contributed by atoms with E-state index in [2.05, 4.69) is 0 Å². The molecule has 0 aromatic heterocycles. The molecule has 0 radical (unpaired) electrons. The standard InChI is InChI=1S/C22H28FN3O3S/c1-18-4-6-19(7-5-18)16-24(2)22(27)17-25-12-3-13-26(15-14-25)30(28,29)21-10-8-20(23)9-11-21/h4-11H,3,12-17H2,1-2H3. The fraction of sp³-hybridized carbons (Fsp3) is 0.409. The number of benzene rings is 2. The Morgan fingerprint density at radius 1 is 1.00 bits per heavy atom. The van der Waals surface area contributed by atoms with E-state index in [1.54, 1.807) is 11.9 Å². The van der Waals surface area contributed by atoms with E-state index in [-0.39, 0.29) is 17.3 Å². The van der Waals surface area contributed by atoms with Gasteiger partial charge >= 0.3 is 0 Å². The number of hydrogen-bond donors (Lipinski definition) is 0. The molecule has 0 aliphatic carbocycles. The van der Waals surface area contributed by atoms with Crippen LogP contribution in [0, 0.1) is 12.7 Å². The van der Waals surface area contributed by atoms with Crippen LogP contribution >= 0.6 is 0 Å². The summed E-state index contributed by atoms with van der Waals surface area (Å²) in [4.78, 5) is 16.4. The van der Waals surface area contributed by atoms with Crippen molar-refractivity contribution in [3.05, 3.63) is 65.5 Å². The highest BCUT2D eigenvalue weighted by molar-refractivity contribution is 7.89. The van der Waals surface area contributed by atoms with E-state index in [1.165, 1.54) is 22.0 Å². The van der Waals surface area contributed by atoms with E-state index in [9.17, 15) is 17.6 Å². The Balaban J connectivity index is 1.56. The zero-order valence-electron chi connectivity index (χ0n) is 17.4. The molecule has 1 amide bonds. The molecule has 0 spiro atoms. The van der Waals surface area contributed by atoms with Gasteiger partial charge in [-0.2, -0.15) is 4.31 Å². The lowest BCUT2D eigenvalue weighted by Crippen LogP contribution is -2.40. The van der Waals surface area contributed by atoms with Crippen LogP contribution in [0.5, 0.6) is 0 Å². The van der Waals surface area contributed by atoms with Crippen molar-refractivity contribution in [3.8, 4) is 0 Å². The van der Waals surface area contributed by atoms with E-state index in [4.69, 9.17) is 0 Å². The van der Waals surface area contributed by atoms with Gasteiger partial charge < -0.3 is 4.90 Å². The molecule has 6 nitrogen and oxygen atoms in total. The number of nitrogens with zero attached hydrogens (tertiary/aromatic N) is 3. The molecule has 2 aromatic rings. The molecule has 1 saturated heterocycles. The van der Waals surface area contributed by atoms with E-state index in [0.29, 0.717) is 39.1 Å². The second-order valence-corrected chi connectivity index (χ2v) is 9.66. The number of hydrogen-bond acceptors (Lipinski definition) is 4. The summed E-state index contributed by atoms with van der Waals surface area (Å²) in [6.07, 6.45) is 0.634. The Morgan fingerprint density at radius 2 is 1.67 bits per heavy atom. The predicted octanol–water partition coefficient (Wildman–Crippen LogP) is 2.49. The summed E-state index contributed by atoms with van der Waals surface area (Å²) < 4.78 is 40.2. The minimum atomic E-state index is -3.67. The molecule has 0 atom stereocenters. The molecule has 162 valence electrons. The Hall–Kier alpha value is -2.29. The number of carbonyl (C=O) groups excluding carboxylic acids is 1. The lowest BCUT2D eigenvalue weighted by Gasteiger charge is -2.24. The Morgan fingerprint density at radius 3 is 2.33 bits per heavy atom. The molecule has 0 bridgehead atoms. The van der Waals surface area contributed by atoms with Crippen molar-refractivity contribution in [2.24, 2.45) is 0 Å². The second-order valence-electron chi connectivity index (χ2n) is 7.72. The molecule has 1 heterocycles. The lowest BCUT2D eigenvalue weighted by molar-refractivity contribution is -0.131. The third kappa shape index (κ3) is 5.65. The molecule has 0 saturated carbocycles. The van der Waals surface area contributed by atoms with Crippen molar-refractivity contribution in [1.29, 1.82) is 0 Å². The van der Waals surface area contributed by atoms with Crippen molar-refractivity contribution in [3.63, 3.8) is 0 Å². The number of rotatable bonds is 6. The van der Waals surface area contributed by atoms with Crippen LogP contribution in [0.1, 0.15) is 17.5 Å². The molecule has 0 unspecified atom stereocenters. The van der Waals surface area contributed by atoms with Gasteiger partial charge in [0.1, 0.15) is 5.82 Å². The van der Waals surface area contributed by atoms with Crippen LogP contribution in [0.3, 0.4) is 0 Å². The van der Waals surface area contributed by atoms with E-state index < -0.39 is 15.8 Å². The van der Waals surface area contributed by atoms with Gasteiger partial charge in [-0.15, -0.1) is 0 Å². The van der Waals surface area contributed by atoms with E-state index in [1.807, 2.05) is 36.1 Å². The van der Waals surface area contributed by atoms with Gasteiger partial charge in [-0.1, -0.05) is 29.8 Å². The monoisotopic (exact) mass is 433 g/mol. The maximum absolute atomic E-state index is 13.1. The average Bonchev–Trinajstić information content (AvgIpc) is 2.96. The number of likely N-dealkylation sites (N-methyl/N-ethyl adjacent to an activating group) is 1. The van der Waals surface area contributed by atoms with Gasteiger partial charge in [0.25, 0.3) is 0 Å². The number of sulfonamides is 1. The molecular weight excluding hydrogens is 405 g/mol. The van der Waals surface area contributed by atoms with Gasteiger partial charge in [0, 0.05) is 33.2 Å². The number of aryl methyl sites for hydroxylation is 1. The first-order chi connectivity index (χ1) is 14.3. The van der Waals surface area contributed by atoms with Crippen LogP contribution in [0.4, 0.5) is 4.39 Å². The third-order valence-corrected chi connectivity index (χ3v) is 7.24. The molecule has 8 heteroatoms. The summed E-state index contributed by atoms with van der Waals surface area (Å²) in [5, 5.41) is 0. The van der Waals surface area contributed by atoms with Gasteiger partial charge in [0.05, 0.1) is 11.4 Å². The zero-order chi connectivity index (χ0) is 21.7. The Kier molecular flexibility index (Phi) is 7.23. The van der Waals surface area contributed by atoms with Crippen molar-refractivity contribution in [2.45, 2.75) is 24.8 Å². The molecule has 30 heavy (non-hydrogen) atoms. The SMILES string of the molecule is Cc1ccc(CN(C)C(=O)CN2CCCN(S(=O)(=O)c3ccc(F)cc3)CC2)cc1.